The second-order valence-electron chi connectivity index (χ2n) is 5.74. The van der Waals surface area contributed by atoms with Crippen LogP contribution in [0.2, 0.25) is 0 Å². The van der Waals surface area contributed by atoms with Gasteiger partial charge in [0.05, 0.1) is 6.61 Å². The number of nitriles is 1. The zero-order valence-electron chi connectivity index (χ0n) is 13.9. The normalized spacial score (nSPS) is 10.3. The van der Waals surface area contributed by atoms with Crippen molar-refractivity contribution < 1.29 is 4.74 Å². The van der Waals surface area contributed by atoms with E-state index in [9.17, 15) is 10.1 Å². The molecule has 0 fully saturated rings. The van der Waals surface area contributed by atoms with Crippen LogP contribution in [0.4, 0.5) is 0 Å². The molecule has 1 aromatic heterocycles. The van der Waals surface area contributed by atoms with Crippen LogP contribution >= 0.6 is 0 Å². The van der Waals surface area contributed by atoms with Crippen LogP contribution in [0, 0.1) is 25.2 Å². The molecule has 2 aromatic rings. The summed E-state index contributed by atoms with van der Waals surface area (Å²) < 4.78 is 5.91. The van der Waals surface area contributed by atoms with Crippen molar-refractivity contribution in [3.05, 3.63) is 51.4 Å². The number of nitrogens with one attached hydrogen (secondary N) is 1. The van der Waals surface area contributed by atoms with Gasteiger partial charge < -0.3 is 9.72 Å². The number of nitrogens with zero attached hydrogens (tertiary/aromatic N) is 1. The Labute approximate surface area is 136 Å². The first kappa shape index (κ1) is 16.8. The molecule has 4 heteroatoms. The van der Waals surface area contributed by atoms with Gasteiger partial charge in [-0.1, -0.05) is 31.4 Å². The van der Waals surface area contributed by atoms with E-state index >= 15 is 0 Å². The average molecular weight is 310 g/mol. The summed E-state index contributed by atoms with van der Waals surface area (Å²) in [6.07, 6.45) is 3.24. The smallest absolute Gasteiger partial charge is 0.266 e. The standard InChI is InChI=1S/C19H22N2O2/c1-4-5-6-9-23-18-8-7-13(2)10-16(18)15-11-14(3)21-19(22)17(15)12-20/h7-8,10-11H,4-6,9H2,1-3H3,(H,21,22). The predicted octanol–water partition coefficient (Wildman–Crippen LogP) is 4.10. The summed E-state index contributed by atoms with van der Waals surface area (Å²) in [6.45, 7) is 6.57. The zero-order valence-corrected chi connectivity index (χ0v) is 13.9. The number of pyridine rings is 1. The highest BCUT2D eigenvalue weighted by Crippen LogP contribution is 2.32. The first-order valence-electron chi connectivity index (χ1n) is 7.94. The second-order valence-corrected chi connectivity index (χ2v) is 5.74. The van der Waals surface area contributed by atoms with Gasteiger partial charge in [-0.3, -0.25) is 4.79 Å². The van der Waals surface area contributed by atoms with Gasteiger partial charge in [0.15, 0.2) is 0 Å². The first-order chi connectivity index (χ1) is 11.1. The minimum atomic E-state index is -0.360. The van der Waals surface area contributed by atoms with E-state index in [1.165, 1.54) is 0 Å². The maximum absolute atomic E-state index is 12.0. The molecule has 0 radical (unpaired) electrons. The number of hydrogen-bond donors (Lipinski definition) is 1. The van der Waals surface area contributed by atoms with Crippen LogP contribution in [0.5, 0.6) is 5.75 Å². The summed E-state index contributed by atoms with van der Waals surface area (Å²) >= 11 is 0. The molecule has 0 aliphatic carbocycles. The number of rotatable bonds is 6. The number of hydrogen-bond acceptors (Lipinski definition) is 3. The van der Waals surface area contributed by atoms with Crippen LogP contribution in [0.25, 0.3) is 11.1 Å². The van der Waals surface area contributed by atoms with Gasteiger partial charge in [0.1, 0.15) is 17.4 Å². The van der Waals surface area contributed by atoms with E-state index in [0.29, 0.717) is 17.9 Å². The number of aryl methyl sites for hydroxylation is 2. The zero-order chi connectivity index (χ0) is 16.8. The van der Waals surface area contributed by atoms with Gasteiger partial charge in [0.25, 0.3) is 5.56 Å². The van der Waals surface area contributed by atoms with Crippen molar-refractivity contribution in [2.45, 2.75) is 40.0 Å². The van der Waals surface area contributed by atoms with E-state index in [1.54, 1.807) is 0 Å². The largest absolute Gasteiger partial charge is 0.493 e. The molecule has 0 unspecified atom stereocenters. The van der Waals surface area contributed by atoms with E-state index in [1.807, 2.05) is 44.2 Å². The van der Waals surface area contributed by atoms with Gasteiger partial charge in [-0.05, 0) is 38.5 Å². The van der Waals surface area contributed by atoms with E-state index in [4.69, 9.17) is 4.74 Å². The molecule has 0 aliphatic heterocycles. The lowest BCUT2D eigenvalue weighted by Gasteiger charge is -2.14. The number of aromatic amines is 1. The number of benzene rings is 1. The molecule has 4 nitrogen and oxygen atoms in total. The molecule has 23 heavy (non-hydrogen) atoms. The van der Waals surface area contributed by atoms with Crippen molar-refractivity contribution in [2.75, 3.05) is 6.61 Å². The van der Waals surface area contributed by atoms with Gasteiger partial charge in [-0.2, -0.15) is 5.26 Å². The van der Waals surface area contributed by atoms with Crippen molar-refractivity contribution in [3.63, 3.8) is 0 Å². The first-order valence-corrected chi connectivity index (χ1v) is 7.94. The second kappa shape index (κ2) is 7.64. The molecule has 1 heterocycles. The Morgan fingerprint density at radius 1 is 1.17 bits per heavy atom. The van der Waals surface area contributed by atoms with Crippen LogP contribution in [0.3, 0.4) is 0 Å². The van der Waals surface area contributed by atoms with Gasteiger partial charge >= 0.3 is 0 Å². The fraction of sp³-hybridized carbons (Fsp3) is 0.368. The van der Waals surface area contributed by atoms with Crippen LogP contribution < -0.4 is 10.3 Å². The summed E-state index contributed by atoms with van der Waals surface area (Å²) in [6, 6.07) is 9.69. The Morgan fingerprint density at radius 2 is 1.96 bits per heavy atom. The van der Waals surface area contributed by atoms with Crippen LogP contribution in [0.15, 0.2) is 29.1 Å². The number of H-pyrrole nitrogens is 1. The molecule has 0 amide bonds. The van der Waals surface area contributed by atoms with Crippen LogP contribution in [-0.4, -0.2) is 11.6 Å². The fourth-order valence-electron chi connectivity index (χ4n) is 2.53. The predicted molar refractivity (Wildman–Crippen MR) is 91.7 cm³/mol. The lowest BCUT2D eigenvalue weighted by Crippen LogP contribution is -2.13. The summed E-state index contributed by atoms with van der Waals surface area (Å²) in [5.41, 5.74) is 2.97. The Bertz CT molecular complexity index is 785. The number of aromatic nitrogens is 1. The van der Waals surface area contributed by atoms with Crippen molar-refractivity contribution in [2.24, 2.45) is 0 Å². The Kier molecular flexibility index (Phi) is 5.59. The molecule has 0 bridgehead atoms. The van der Waals surface area contributed by atoms with Crippen molar-refractivity contribution in [1.29, 1.82) is 5.26 Å². The van der Waals surface area contributed by atoms with Gasteiger partial charge in [0.2, 0.25) is 0 Å². The van der Waals surface area contributed by atoms with Gasteiger partial charge in [-0.15, -0.1) is 0 Å². The minimum absolute atomic E-state index is 0.125. The molecule has 0 saturated heterocycles. The van der Waals surface area contributed by atoms with E-state index in [-0.39, 0.29) is 11.1 Å². The quantitative estimate of drug-likeness (QED) is 0.817. The van der Waals surface area contributed by atoms with E-state index in [0.717, 1.165) is 36.1 Å². The van der Waals surface area contributed by atoms with Crippen molar-refractivity contribution in [1.82, 2.24) is 4.98 Å². The monoisotopic (exact) mass is 310 g/mol. The van der Waals surface area contributed by atoms with E-state index in [2.05, 4.69) is 11.9 Å². The third-order valence-corrected chi connectivity index (χ3v) is 3.71. The molecule has 2 rings (SSSR count). The van der Waals surface area contributed by atoms with Crippen LogP contribution in [-0.2, 0) is 0 Å². The van der Waals surface area contributed by atoms with E-state index < -0.39 is 0 Å². The van der Waals surface area contributed by atoms with Crippen molar-refractivity contribution >= 4 is 0 Å². The summed E-state index contributed by atoms with van der Waals surface area (Å²) in [5.74, 6) is 0.716. The molecule has 0 atom stereocenters. The van der Waals surface area contributed by atoms with Crippen LogP contribution in [0.1, 0.15) is 43.0 Å². The molecule has 1 aromatic carbocycles. The third-order valence-electron chi connectivity index (χ3n) is 3.71. The SMILES string of the molecule is CCCCCOc1ccc(C)cc1-c1cc(C)[nH]c(=O)c1C#N. The van der Waals surface area contributed by atoms with Crippen molar-refractivity contribution in [3.8, 4) is 22.9 Å². The lowest BCUT2D eigenvalue weighted by molar-refractivity contribution is 0.307. The molecule has 0 spiro atoms. The lowest BCUT2D eigenvalue weighted by atomic mass is 9.98. The fourth-order valence-corrected chi connectivity index (χ4v) is 2.53. The highest BCUT2D eigenvalue weighted by molar-refractivity contribution is 5.76. The maximum atomic E-state index is 12.0. The number of ether oxygens (including phenoxy) is 1. The van der Waals surface area contributed by atoms with Gasteiger partial charge in [-0.25, -0.2) is 0 Å². The Morgan fingerprint density at radius 3 is 2.65 bits per heavy atom. The maximum Gasteiger partial charge on any atom is 0.266 e. The third kappa shape index (κ3) is 4.01. The number of unbranched alkanes of at least 4 members (excludes halogenated alkanes) is 2. The highest BCUT2D eigenvalue weighted by Gasteiger charge is 2.15. The topological polar surface area (TPSA) is 65.9 Å². The summed E-state index contributed by atoms with van der Waals surface area (Å²) in [7, 11) is 0. The average Bonchev–Trinajstić information content (AvgIpc) is 2.52. The Balaban J connectivity index is 2.49. The molecular weight excluding hydrogens is 288 g/mol. The highest BCUT2D eigenvalue weighted by atomic mass is 16.5. The Hall–Kier alpha value is -2.54. The molecule has 1 N–H and O–H groups in total. The minimum Gasteiger partial charge on any atom is -0.493 e. The summed E-state index contributed by atoms with van der Waals surface area (Å²) in [4.78, 5) is 14.7. The summed E-state index contributed by atoms with van der Waals surface area (Å²) in [5, 5.41) is 9.35. The molecule has 120 valence electrons. The molecule has 0 aliphatic rings. The molecule has 0 saturated carbocycles. The van der Waals surface area contributed by atoms with Gasteiger partial charge in [0, 0.05) is 16.8 Å². The molecular formula is C19H22N2O2.